The number of carbonyl (C=O) groups excluding carboxylic acids is 3. The number of carbonyl (C=O) groups is 3. The number of methoxy groups -OCH3 is 3. The van der Waals surface area contributed by atoms with Gasteiger partial charge in [0.2, 0.25) is 5.91 Å². The zero-order valence-corrected chi connectivity index (χ0v) is 27.0. The third-order valence-electron chi connectivity index (χ3n) is 8.67. The highest BCUT2D eigenvalue weighted by Crippen LogP contribution is 2.49. The van der Waals surface area contributed by atoms with E-state index in [-0.39, 0.29) is 17.9 Å². The summed E-state index contributed by atoms with van der Waals surface area (Å²) in [7, 11) is 6.02. The summed E-state index contributed by atoms with van der Waals surface area (Å²) in [6.45, 7) is 6.66. The van der Waals surface area contributed by atoms with E-state index in [4.69, 9.17) is 40.0 Å². The van der Waals surface area contributed by atoms with Gasteiger partial charge in [-0.1, -0.05) is 36.8 Å². The minimum Gasteiger partial charge on any atom is -0.495 e. The molecule has 12 nitrogen and oxygen atoms in total. The molecular weight excluding hydrogens is 596 g/mol. The van der Waals surface area contributed by atoms with Crippen LogP contribution in [-0.2, 0) is 33.3 Å². The number of fused-ring (bicyclic) bond motifs is 5. The molecule has 0 spiro atoms. The molecule has 44 heavy (non-hydrogen) atoms. The second-order valence-corrected chi connectivity index (χ2v) is 12.0. The molecule has 2 N–H and O–H groups in total. The van der Waals surface area contributed by atoms with E-state index in [0.29, 0.717) is 17.0 Å². The van der Waals surface area contributed by atoms with Gasteiger partial charge in [0.25, 0.3) is 0 Å². The number of nitrogens with one attached hydrogen (secondary N) is 1. The molecule has 2 saturated heterocycles. The number of esters is 1. The Morgan fingerprint density at radius 1 is 1.20 bits per heavy atom. The predicted molar refractivity (Wildman–Crippen MR) is 160 cm³/mol. The lowest BCUT2D eigenvalue weighted by Crippen LogP contribution is -2.63. The number of ether oxygens (including phenoxy) is 6. The average molecular weight is 637 g/mol. The van der Waals surface area contributed by atoms with E-state index in [0.717, 1.165) is 5.57 Å². The Kier molecular flexibility index (Phi) is 10.0. The number of epoxide rings is 1. The maximum Gasteiger partial charge on any atom is 0.409 e. The number of aliphatic hydroxyl groups is 1. The molecule has 1 aromatic rings. The van der Waals surface area contributed by atoms with Crippen LogP contribution in [0, 0.1) is 5.92 Å². The second-order valence-electron chi connectivity index (χ2n) is 11.7. The Bertz CT molecular complexity index is 1350. The van der Waals surface area contributed by atoms with E-state index >= 15 is 0 Å². The van der Waals surface area contributed by atoms with Crippen LogP contribution in [0.25, 0.3) is 0 Å². The predicted octanol–water partition coefficient (Wildman–Crippen LogP) is 3.83. The molecule has 1 aromatic carbocycles. The SMILES string of the molecule is COc1cc2cc(c1Cl)N(C)C(=O)C[C@H](OC(C)=O)[C@]1(C)O[C@H]1[C@H](C)[C@@H]1C[C@@](O)(NC(=O)O1)[C@H](OC)/C=C/C=C(\C)C2OC. The van der Waals surface area contributed by atoms with Gasteiger partial charge in [0.05, 0.1) is 25.3 Å². The fraction of sp³-hybridized carbons (Fsp3) is 0.581. The summed E-state index contributed by atoms with van der Waals surface area (Å²) in [5.41, 5.74) is -1.08. The lowest BCUT2D eigenvalue weighted by atomic mass is 9.83. The van der Waals surface area contributed by atoms with Crippen molar-refractivity contribution in [3.63, 3.8) is 0 Å². The van der Waals surface area contributed by atoms with Gasteiger partial charge in [-0.15, -0.1) is 0 Å². The number of amides is 2. The molecule has 1 unspecified atom stereocenters. The third-order valence-corrected chi connectivity index (χ3v) is 9.05. The van der Waals surface area contributed by atoms with Gasteiger partial charge >= 0.3 is 12.1 Å². The summed E-state index contributed by atoms with van der Waals surface area (Å²) in [6.07, 6.45) is 0.233. The van der Waals surface area contributed by atoms with E-state index in [1.807, 2.05) is 13.8 Å². The standard InChI is InChI=1S/C31H41ClN2O10/c1-16-10-9-11-23(40-7)31(38)15-22(43-29(37)33-31)17(2)28-30(4,44-28)24(42-18(3)35)14-25(36)34(5)20-12-19(27(16)41-8)13-21(39-6)26(20)32/h9-13,17,22-24,27-28,38H,14-15H2,1-8H3,(H,33,37)/b11-9+,16-10+/t17-,22+,23-,24+,27?,28+,30+,31+/m1/s1. The minimum atomic E-state index is -1.80. The average Bonchev–Trinajstić information content (AvgIpc) is 3.66. The van der Waals surface area contributed by atoms with Gasteiger partial charge in [-0.3, -0.25) is 14.9 Å². The molecule has 4 rings (SSSR count). The zero-order valence-electron chi connectivity index (χ0n) is 26.2. The molecule has 0 saturated carbocycles. The highest BCUT2D eigenvalue weighted by molar-refractivity contribution is 6.35. The number of anilines is 1. The van der Waals surface area contributed by atoms with Crippen molar-refractivity contribution in [2.75, 3.05) is 33.3 Å². The maximum atomic E-state index is 13.7. The summed E-state index contributed by atoms with van der Waals surface area (Å²) >= 11 is 6.69. The van der Waals surface area contributed by atoms with Crippen LogP contribution in [0.15, 0.2) is 35.9 Å². The molecule has 242 valence electrons. The maximum absolute atomic E-state index is 13.7. The molecule has 0 aliphatic carbocycles. The molecule has 2 fully saturated rings. The van der Waals surface area contributed by atoms with Crippen LogP contribution in [0.4, 0.5) is 10.5 Å². The van der Waals surface area contributed by atoms with Crippen LogP contribution < -0.4 is 15.0 Å². The Balaban J connectivity index is 1.84. The van der Waals surface area contributed by atoms with E-state index in [2.05, 4.69) is 5.32 Å². The summed E-state index contributed by atoms with van der Waals surface area (Å²) in [5.74, 6) is -1.10. The number of benzene rings is 1. The Morgan fingerprint density at radius 2 is 1.91 bits per heavy atom. The quantitative estimate of drug-likeness (QED) is 0.369. The molecule has 2 amide bonds. The number of hydrogen-bond donors (Lipinski definition) is 2. The Labute approximate surface area is 262 Å². The van der Waals surface area contributed by atoms with E-state index in [1.54, 1.807) is 51.4 Å². The number of hydrogen-bond acceptors (Lipinski definition) is 10. The highest BCUT2D eigenvalue weighted by Gasteiger charge is 2.64. The van der Waals surface area contributed by atoms with Crippen LogP contribution in [-0.4, -0.2) is 87.2 Å². The lowest BCUT2D eigenvalue weighted by molar-refractivity contribution is -0.151. The van der Waals surface area contributed by atoms with Gasteiger partial charge in [-0.2, -0.15) is 0 Å². The van der Waals surface area contributed by atoms with Crippen LogP contribution >= 0.6 is 11.6 Å². The van der Waals surface area contributed by atoms with Crippen LogP contribution in [0.3, 0.4) is 0 Å². The van der Waals surface area contributed by atoms with Gasteiger partial charge in [0, 0.05) is 40.5 Å². The number of nitrogens with zero attached hydrogens (tertiary/aromatic N) is 1. The molecule has 3 aliphatic heterocycles. The first kappa shape index (κ1) is 33.7. The molecule has 4 bridgehead atoms. The number of allylic oxidation sites excluding steroid dienone is 2. The van der Waals surface area contributed by atoms with Crippen molar-refractivity contribution in [2.24, 2.45) is 5.92 Å². The number of halogens is 1. The molecule has 3 aliphatic rings. The molecule has 3 heterocycles. The van der Waals surface area contributed by atoms with Crippen molar-refractivity contribution in [3.05, 3.63) is 46.5 Å². The highest BCUT2D eigenvalue weighted by atomic mass is 35.5. The van der Waals surface area contributed by atoms with E-state index in [1.165, 1.54) is 26.0 Å². The topological polar surface area (TPSA) is 145 Å². The molecular formula is C31H41ClN2O10. The van der Waals surface area contributed by atoms with Crippen molar-refractivity contribution in [1.29, 1.82) is 0 Å². The Hall–Kier alpha value is -3.16. The van der Waals surface area contributed by atoms with Crippen molar-refractivity contribution in [1.82, 2.24) is 5.32 Å². The van der Waals surface area contributed by atoms with Crippen molar-refractivity contribution in [3.8, 4) is 5.75 Å². The van der Waals surface area contributed by atoms with Crippen LogP contribution in [0.1, 0.15) is 52.2 Å². The summed E-state index contributed by atoms with van der Waals surface area (Å²) < 4.78 is 34.3. The van der Waals surface area contributed by atoms with Crippen molar-refractivity contribution in [2.45, 2.75) is 82.4 Å². The van der Waals surface area contributed by atoms with Crippen LogP contribution in [0.5, 0.6) is 5.75 Å². The molecule has 0 aromatic heterocycles. The smallest absolute Gasteiger partial charge is 0.409 e. The zero-order chi connectivity index (χ0) is 32.6. The van der Waals surface area contributed by atoms with Gasteiger partial charge in [0.1, 0.15) is 40.8 Å². The van der Waals surface area contributed by atoms with Crippen LogP contribution in [0.2, 0.25) is 5.02 Å². The summed E-state index contributed by atoms with van der Waals surface area (Å²) in [5, 5.41) is 14.3. The molecule has 8 atom stereocenters. The number of alkyl carbamates (subject to hydrolysis) is 1. The third kappa shape index (κ3) is 6.59. The largest absolute Gasteiger partial charge is 0.495 e. The first-order valence-electron chi connectivity index (χ1n) is 14.3. The Morgan fingerprint density at radius 3 is 2.52 bits per heavy atom. The van der Waals surface area contributed by atoms with Crippen molar-refractivity contribution >= 4 is 35.3 Å². The van der Waals surface area contributed by atoms with E-state index < -0.39 is 65.7 Å². The number of rotatable bonds is 4. The summed E-state index contributed by atoms with van der Waals surface area (Å²) in [4.78, 5) is 39.9. The minimum absolute atomic E-state index is 0.0217. The van der Waals surface area contributed by atoms with Gasteiger partial charge in [-0.25, -0.2) is 4.79 Å². The molecule has 0 radical (unpaired) electrons. The van der Waals surface area contributed by atoms with Gasteiger partial charge in [-0.05, 0) is 37.1 Å². The second kappa shape index (κ2) is 13.1. The van der Waals surface area contributed by atoms with Gasteiger partial charge < -0.3 is 38.4 Å². The van der Waals surface area contributed by atoms with Crippen molar-refractivity contribution < 1.29 is 47.9 Å². The molecule has 13 heteroatoms. The monoisotopic (exact) mass is 636 g/mol. The first-order valence-corrected chi connectivity index (χ1v) is 14.7. The normalized spacial score (nSPS) is 36.2. The lowest BCUT2D eigenvalue weighted by Gasteiger charge is -2.42. The first-order chi connectivity index (χ1) is 20.7. The fourth-order valence-corrected chi connectivity index (χ4v) is 6.41. The fourth-order valence-electron chi connectivity index (χ4n) is 6.10. The summed E-state index contributed by atoms with van der Waals surface area (Å²) in [6, 6.07) is 3.47. The van der Waals surface area contributed by atoms with E-state index in [9.17, 15) is 19.5 Å². The van der Waals surface area contributed by atoms with Gasteiger partial charge in [0.15, 0.2) is 5.72 Å².